The third-order valence-electron chi connectivity index (χ3n) is 2.34. The van der Waals surface area contributed by atoms with Gasteiger partial charge >= 0.3 is 0 Å². The molecule has 0 aliphatic rings. The molecule has 0 saturated heterocycles. The Bertz CT molecular complexity index is 427. The molecule has 0 unspecified atom stereocenters. The summed E-state index contributed by atoms with van der Waals surface area (Å²) in [6, 6.07) is 0. The van der Waals surface area contributed by atoms with Crippen LogP contribution < -0.4 is 10.6 Å². The van der Waals surface area contributed by atoms with Crippen LogP contribution in [0.1, 0.15) is 16.1 Å². The standard InChI is InChI=1S/C11H17N5S2/c1-8-10(9(2)18-16-8)6-17-5-4-14-11(13-3)15-7-12/h4-6H2,1-3H3,(H2,13,14,15). The molecule has 0 fully saturated rings. The van der Waals surface area contributed by atoms with Gasteiger partial charge < -0.3 is 5.32 Å². The number of nitrogens with one attached hydrogen (secondary N) is 2. The monoisotopic (exact) mass is 283 g/mol. The molecule has 7 heteroatoms. The number of thioether (sulfide) groups is 1. The Labute approximate surface area is 116 Å². The molecular weight excluding hydrogens is 266 g/mol. The van der Waals surface area contributed by atoms with E-state index >= 15 is 0 Å². The number of rotatable bonds is 5. The van der Waals surface area contributed by atoms with Gasteiger partial charge in [0.05, 0.1) is 12.2 Å². The maximum Gasteiger partial charge on any atom is 0.204 e. The lowest BCUT2D eigenvalue weighted by Crippen LogP contribution is -2.31. The molecule has 0 bridgehead atoms. The average molecular weight is 283 g/mol. The van der Waals surface area contributed by atoms with Crippen molar-refractivity contribution in [2.45, 2.75) is 19.6 Å². The van der Waals surface area contributed by atoms with Gasteiger partial charge in [0.2, 0.25) is 5.96 Å². The van der Waals surface area contributed by atoms with E-state index in [1.165, 1.54) is 10.4 Å². The second-order valence-corrected chi connectivity index (χ2v) is 5.66. The summed E-state index contributed by atoms with van der Waals surface area (Å²) in [6.45, 7) is 4.84. The molecule has 1 rings (SSSR count). The number of nitriles is 1. The van der Waals surface area contributed by atoms with E-state index in [1.807, 2.05) is 24.9 Å². The summed E-state index contributed by atoms with van der Waals surface area (Å²) < 4.78 is 4.33. The predicted molar refractivity (Wildman–Crippen MR) is 77.9 cm³/mol. The van der Waals surface area contributed by atoms with Gasteiger partial charge in [-0.05, 0) is 30.9 Å². The minimum atomic E-state index is 0.516. The molecule has 1 heterocycles. The van der Waals surface area contributed by atoms with E-state index < -0.39 is 0 Å². The second-order valence-electron chi connectivity index (χ2n) is 3.57. The van der Waals surface area contributed by atoms with E-state index in [2.05, 4.69) is 26.9 Å². The zero-order valence-corrected chi connectivity index (χ0v) is 12.4. The molecule has 1 aromatic rings. The molecule has 98 valence electrons. The predicted octanol–water partition coefficient (Wildman–Crippen LogP) is 1.64. The van der Waals surface area contributed by atoms with Crippen molar-refractivity contribution in [1.82, 2.24) is 15.0 Å². The van der Waals surface area contributed by atoms with Gasteiger partial charge in [0.25, 0.3) is 0 Å². The van der Waals surface area contributed by atoms with E-state index in [1.54, 1.807) is 18.6 Å². The zero-order chi connectivity index (χ0) is 13.4. The highest BCUT2D eigenvalue weighted by atomic mass is 32.2. The first-order chi connectivity index (χ1) is 8.69. The van der Waals surface area contributed by atoms with Gasteiger partial charge in [0.15, 0.2) is 6.19 Å². The van der Waals surface area contributed by atoms with E-state index in [0.717, 1.165) is 17.2 Å². The first-order valence-corrected chi connectivity index (χ1v) is 7.48. The van der Waals surface area contributed by atoms with Crippen LogP contribution in [-0.4, -0.2) is 29.7 Å². The molecular formula is C11H17N5S2. The minimum Gasteiger partial charge on any atom is -0.359 e. The molecule has 0 atom stereocenters. The number of aryl methyl sites for hydroxylation is 2. The fourth-order valence-electron chi connectivity index (χ4n) is 1.34. The van der Waals surface area contributed by atoms with Gasteiger partial charge in [-0.3, -0.25) is 10.3 Å². The Balaban J connectivity index is 2.29. The van der Waals surface area contributed by atoms with Crippen molar-refractivity contribution in [1.29, 1.82) is 5.26 Å². The van der Waals surface area contributed by atoms with Crippen LogP contribution in [0.15, 0.2) is 4.99 Å². The van der Waals surface area contributed by atoms with Gasteiger partial charge in [0, 0.05) is 23.4 Å². The highest BCUT2D eigenvalue weighted by Crippen LogP contribution is 2.22. The van der Waals surface area contributed by atoms with E-state index in [4.69, 9.17) is 5.26 Å². The van der Waals surface area contributed by atoms with Gasteiger partial charge in [-0.15, -0.1) is 0 Å². The van der Waals surface area contributed by atoms with Gasteiger partial charge in [0.1, 0.15) is 0 Å². The summed E-state index contributed by atoms with van der Waals surface area (Å²) in [5.74, 6) is 2.42. The van der Waals surface area contributed by atoms with Crippen LogP contribution in [0, 0.1) is 25.3 Å². The lowest BCUT2D eigenvalue weighted by atomic mass is 10.2. The van der Waals surface area contributed by atoms with Crippen molar-refractivity contribution in [2.75, 3.05) is 19.3 Å². The first-order valence-electron chi connectivity index (χ1n) is 5.55. The van der Waals surface area contributed by atoms with Crippen LogP contribution in [0.5, 0.6) is 0 Å². The molecule has 18 heavy (non-hydrogen) atoms. The van der Waals surface area contributed by atoms with E-state index in [9.17, 15) is 0 Å². The molecule has 0 aromatic carbocycles. The van der Waals surface area contributed by atoms with Crippen LogP contribution in [0.3, 0.4) is 0 Å². The summed E-state index contributed by atoms with van der Waals surface area (Å²) in [5.41, 5.74) is 2.48. The normalized spacial score (nSPS) is 11.1. The van der Waals surface area contributed by atoms with Gasteiger partial charge in [-0.25, -0.2) is 0 Å². The smallest absolute Gasteiger partial charge is 0.204 e. The number of aromatic nitrogens is 1. The second kappa shape index (κ2) is 7.95. The Morgan fingerprint density at radius 1 is 1.56 bits per heavy atom. The highest BCUT2D eigenvalue weighted by molar-refractivity contribution is 7.98. The Morgan fingerprint density at radius 2 is 2.33 bits per heavy atom. The lowest BCUT2D eigenvalue weighted by Gasteiger charge is -2.03. The van der Waals surface area contributed by atoms with Crippen LogP contribution in [0.4, 0.5) is 0 Å². The van der Waals surface area contributed by atoms with Crippen molar-refractivity contribution < 1.29 is 0 Å². The summed E-state index contributed by atoms with van der Waals surface area (Å²) in [5, 5.41) is 13.8. The van der Waals surface area contributed by atoms with Gasteiger partial charge in [-0.2, -0.15) is 21.4 Å². The Morgan fingerprint density at radius 3 is 2.89 bits per heavy atom. The maximum absolute atomic E-state index is 8.46. The van der Waals surface area contributed by atoms with Crippen molar-refractivity contribution >= 4 is 29.3 Å². The number of hydrogen-bond acceptors (Lipinski definition) is 5. The number of guanidine groups is 1. The van der Waals surface area contributed by atoms with Crippen LogP contribution in [0.25, 0.3) is 0 Å². The van der Waals surface area contributed by atoms with E-state index in [-0.39, 0.29) is 0 Å². The molecule has 0 aliphatic carbocycles. The first kappa shape index (κ1) is 14.8. The van der Waals surface area contributed by atoms with Crippen molar-refractivity contribution in [3.05, 3.63) is 16.1 Å². The summed E-state index contributed by atoms with van der Waals surface area (Å²) in [4.78, 5) is 5.53. The number of hydrogen-bond donors (Lipinski definition) is 2. The summed E-state index contributed by atoms with van der Waals surface area (Å²) >= 11 is 3.39. The molecule has 0 radical (unpaired) electrons. The third kappa shape index (κ3) is 4.55. The molecule has 5 nitrogen and oxygen atoms in total. The zero-order valence-electron chi connectivity index (χ0n) is 10.8. The topological polar surface area (TPSA) is 73.1 Å². The summed E-state index contributed by atoms with van der Waals surface area (Å²) in [6.07, 6.45) is 1.84. The van der Waals surface area contributed by atoms with Crippen molar-refractivity contribution in [3.8, 4) is 6.19 Å². The SMILES string of the molecule is CN/C(=N/CCSCc1c(C)nsc1C)NC#N. The summed E-state index contributed by atoms with van der Waals surface area (Å²) in [7, 11) is 1.74. The minimum absolute atomic E-state index is 0.516. The lowest BCUT2D eigenvalue weighted by molar-refractivity contribution is 1.01. The third-order valence-corrected chi connectivity index (χ3v) is 4.19. The fraction of sp³-hybridized carbons (Fsp3) is 0.545. The molecule has 1 aromatic heterocycles. The molecule has 0 aliphatic heterocycles. The fourth-order valence-corrected chi connectivity index (χ4v) is 3.14. The Kier molecular flexibility index (Phi) is 6.54. The molecule has 0 amide bonds. The maximum atomic E-state index is 8.46. The Hall–Kier alpha value is -1.26. The largest absolute Gasteiger partial charge is 0.359 e. The van der Waals surface area contributed by atoms with Crippen LogP contribution in [-0.2, 0) is 5.75 Å². The van der Waals surface area contributed by atoms with Crippen molar-refractivity contribution in [2.24, 2.45) is 4.99 Å². The van der Waals surface area contributed by atoms with Gasteiger partial charge in [-0.1, -0.05) is 0 Å². The van der Waals surface area contributed by atoms with Crippen molar-refractivity contribution in [3.63, 3.8) is 0 Å². The molecule has 0 spiro atoms. The quantitative estimate of drug-likeness (QED) is 0.282. The van der Waals surface area contributed by atoms with Crippen LogP contribution in [0.2, 0.25) is 0 Å². The molecule has 0 saturated carbocycles. The molecule has 2 N–H and O–H groups in total. The van der Waals surface area contributed by atoms with E-state index in [0.29, 0.717) is 12.5 Å². The number of nitrogens with zero attached hydrogens (tertiary/aromatic N) is 3. The highest BCUT2D eigenvalue weighted by Gasteiger charge is 2.06. The average Bonchev–Trinajstić information content (AvgIpc) is 2.68. The van der Waals surface area contributed by atoms with Crippen LogP contribution >= 0.6 is 23.3 Å². The number of aliphatic imine (C=N–C) groups is 1.